The van der Waals surface area contributed by atoms with Crippen molar-refractivity contribution in [1.29, 1.82) is 0 Å². The zero-order valence-electron chi connectivity index (χ0n) is 11.0. The van der Waals surface area contributed by atoms with Gasteiger partial charge < -0.3 is 5.11 Å². The highest BCUT2D eigenvalue weighted by molar-refractivity contribution is 7.90. The number of aliphatic carboxylic acids is 1. The molecule has 19 heavy (non-hydrogen) atoms. The third-order valence-electron chi connectivity index (χ3n) is 2.32. The Hall–Kier alpha value is -1.18. The highest BCUT2D eigenvalue weighted by Gasteiger charge is 2.28. The molecule has 1 aromatic rings. The number of sulfonamides is 1. The molecular formula is C12H17NO4S2. The lowest BCUT2D eigenvalue weighted by molar-refractivity contribution is -0.131. The summed E-state index contributed by atoms with van der Waals surface area (Å²) >= 11 is 1.35. The SMILES string of the molecule is CC(C)(C)S(=O)(=O)NCc1ccc(C=CC(=O)O)s1. The van der Waals surface area contributed by atoms with E-state index < -0.39 is 20.7 Å². The van der Waals surface area contributed by atoms with Crippen LogP contribution in [0.25, 0.3) is 6.08 Å². The van der Waals surface area contributed by atoms with Gasteiger partial charge in [-0.2, -0.15) is 0 Å². The van der Waals surface area contributed by atoms with Crippen LogP contribution in [0, 0.1) is 0 Å². The molecule has 0 spiro atoms. The highest BCUT2D eigenvalue weighted by Crippen LogP contribution is 2.19. The van der Waals surface area contributed by atoms with Gasteiger partial charge in [-0.1, -0.05) is 0 Å². The quantitative estimate of drug-likeness (QED) is 0.816. The van der Waals surface area contributed by atoms with Crippen LogP contribution in [0.1, 0.15) is 30.5 Å². The van der Waals surface area contributed by atoms with Crippen LogP contribution in [-0.4, -0.2) is 24.2 Å². The number of carboxylic acids is 1. The summed E-state index contributed by atoms with van der Waals surface area (Å²) in [5, 5.41) is 8.51. The topological polar surface area (TPSA) is 83.5 Å². The number of rotatable bonds is 5. The molecule has 1 aromatic heterocycles. The standard InChI is InChI=1S/C12H17NO4S2/c1-12(2,3)19(16,17)13-8-10-5-4-9(18-10)6-7-11(14)15/h4-7,13H,8H2,1-3H3,(H,14,15). The van der Waals surface area contributed by atoms with Crippen LogP contribution < -0.4 is 4.72 Å². The van der Waals surface area contributed by atoms with Crippen LogP contribution in [0.2, 0.25) is 0 Å². The molecule has 0 bridgehead atoms. The minimum Gasteiger partial charge on any atom is -0.478 e. The summed E-state index contributed by atoms with van der Waals surface area (Å²) in [6.07, 6.45) is 2.53. The van der Waals surface area contributed by atoms with Crippen LogP contribution in [0.3, 0.4) is 0 Å². The molecule has 0 aliphatic carbocycles. The van der Waals surface area contributed by atoms with Crippen molar-refractivity contribution in [3.05, 3.63) is 28.0 Å². The Bertz CT molecular complexity index is 579. The molecule has 0 saturated carbocycles. The maximum absolute atomic E-state index is 11.8. The molecule has 0 radical (unpaired) electrons. The molecule has 7 heteroatoms. The van der Waals surface area contributed by atoms with Crippen molar-refractivity contribution in [3.8, 4) is 0 Å². The van der Waals surface area contributed by atoms with Gasteiger partial charge >= 0.3 is 5.97 Å². The van der Waals surface area contributed by atoms with Gasteiger partial charge in [-0.05, 0) is 39.0 Å². The number of hydrogen-bond donors (Lipinski definition) is 2. The number of hydrogen-bond acceptors (Lipinski definition) is 4. The first-order valence-corrected chi connectivity index (χ1v) is 7.91. The number of nitrogens with one attached hydrogen (secondary N) is 1. The van der Waals surface area contributed by atoms with Gasteiger partial charge in [-0.15, -0.1) is 11.3 Å². The van der Waals surface area contributed by atoms with Gasteiger partial charge in [0.25, 0.3) is 0 Å². The molecular weight excluding hydrogens is 286 g/mol. The van der Waals surface area contributed by atoms with Crippen LogP contribution >= 0.6 is 11.3 Å². The molecule has 0 aliphatic heterocycles. The van der Waals surface area contributed by atoms with E-state index >= 15 is 0 Å². The molecule has 0 fully saturated rings. The lowest BCUT2D eigenvalue weighted by Crippen LogP contribution is -2.38. The zero-order chi connectivity index (χ0) is 14.7. The Morgan fingerprint density at radius 2 is 2.05 bits per heavy atom. The summed E-state index contributed by atoms with van der Waals surface area (Å²) < 4.78 is 25.4. The predicted molar refractivity (Wildman–Crippen MR) is 76.5 cm³/mol. The first kappa shape index (κ1) is 15.9. The lowest BCUT2D eigenvalue weighted by atomic mass is 10.3. The maximum Gasteiger partial charge on any atom is 0.328 e. The van der Waals surface area contributed by atoms with Crippen LogP contribution in [0.4, 0.5) is 0 Å². The largest absolute Gasteiger partial charge is 0.478 e. The second-order valence-corrected chi connectivity index (χ2v) is 8.63. The number of thiophene rings is 1. The summed E-state index contributed by atoms with van der Waals surface area (Å²) in [6, 6.07) is 3.53. The summed E-state index contributed by atoms with van der Waals surface area (Å²) in [4.78, 5) is 12.0. The van der Waals surface area contributed by atoms with Crippen LogP contribution in [0.5, 0.6) is 0 Å². The molecule has 0 aromatic carbocycles. The third kappa shape index (κ3) is 4.77. The summed E-state index contributed by atoms with van der Waals surface area (Å²) in [7, 11) is -3.37. The molecule has 0 amide bonds. The van der Waals surface area contributed by atoms with Crippen molar-refractivity contribution in [1.82, 2.24) is 4.72 Å². The maximum atomic E-state index is 11.8. The van der Waals surface area contributed by atoms with E-state index in [-0.39, 0.29) is 6.54 Å². The van der Waals surface area contributed by atoms with Gasteiger partial charge in [-0.3, -0.25) is 0 Å². The fraction of sp³-hybridized carbons (Fsp3) is 0.417. The number of carbonyl (C=O) groups is 1. The Morgan fingerprint density at radius 3 is 2.58 bits per heavy atom. The highest BCUT2D eigenvalue weighted by atomic mass is 32.2. The molecule has 1 rings (SSSR count). The predicted octanol–water partition coefficient (Wildman–Crippen LogP) is 2.06. The van der Waals surface area contributed by atoms with Crippen molar-refractivity contribution in [3.63, 3.8) is 0 Å². The smallest absolute Gasteiger partial charge is 0.328 e. The zero-order valence-corrected chi connectivity index (χ0v) is 12.6. The second kappa shape index (κ2) is 5.85. The minimum atomic E-state index is -3.37. The average molecular weight is 303 g/mol. The Kier molecular flexibility index (Phi) is 4.89. The average Bonchev–Trinajstić information content (AvgIpc) is 2.70. The van der Waals surface area contributed by atoms with Crippen LogP contribution in [-0.2, 0) is 21.4 Å². The molecule has 0 saturated heterocycles. The minimum absolute atomic E-state index is 0.213. The Labute approximate surface area is 117 Å². The van der Waals surface area contributed by atoms with E-state index in [9.17, 15) is 13.2 Å². The van der Waals surface area contributed by atoms with Gasteiger partial charge in [0.05, 0.1) is 4.75 Å². The fourth-order valence-electron chi connectivity index (χ4n) is 1.12. The van der Waals surface area contributed by atoms with E-state index in [1.165, 1.54) is 17.4 Å². The van der Waals surface area contributed by atoms with E-state index in [2.05, 4.69) is 4.72 Å². The van der Waals surface area contributed by atoms with Crippen molar-refractivity contribution < 1.29 is 18.3 Å². The summed E-state index contributed by atoms with van der Waals surface area (Å²) in [5.41, 5.74) is 0. The van der Waals surface area contributed by atoms with Crippen molar-refractivity contribution in [2.24, 2.45) is 0 Å². The molecule has 1 heterocycles. The van der Waals surface area contributed by atoms with Crippen LogP contribution in [0.15, 0.2) is 18.2 Å². The van der Waals surface area contributed by atoms with Gasteiger partial charge in [0.1, 0.15) is 0 Å². The molecule has 5 nitrogen and oxygen atoms in total. The van der Waals surface area contributed by atoms with Crippen molar-refractivity contribution >= 4 is 33.4 Å². The van der Waals surface area contributed by atoms with Gasteiger partial charge in [0.15, 0.2) is 0 Å². The normalized spacial score (nSPS) is 13.0. The van der Waals surface area contributed by atoms with E-state index in [0.29, 0.717) is 0 Å². The molecule has 0 aliphatic rings. The number of carboxylic acid groups (broad SMARTS) is 1. The summed E-state index contributed by atoms with van der Waals surface area (Å²) in [6.45, 7) is 5.10. The Morgan fingerprint density at radius 1 is 1.42 bits per heavy atom. The van der Waals surface area contributed by atoms with Crippen molar-refractivity contribution in [2.75, 3.05) is 0 Å². The van der Waals surface area contributed by atoms with E-state index in [1.807, 2.05) is 0 Å². The molecule has 0 unspecified atom stereocenters. The van der Waals surface area contributed by atoms with E-state index in [4.69, 9.17) is 5.11 Å². The molecule has 0 atom stereocenters. The molecule has 2 N–H and O–H groups in total. The lowest BCUT2D eigenvalue weighted by Gasteiger charge is -2.19. The van der Waals surface area contributed by atoms with E-state index in [1.54, 1.807) is 32.9 Å². The van der Waals surface area contributed by atoms with Crippen molar-refractivity contribution in [2.45, 2.75) is 32.1 Å². The fourth-order valence-corrected chi connectivity index (χ4v) is 2.84. The van der Waals surface area contributed by atoms with Gasteiger partial charge in [0.2, 0.25) is 10.0 Å². The third-order valence-corrected chi connectivity index (χ3v) is 5.50. The first-order chi connectivity index (χ1) is 8.62. The summed E-state index contributed by atoms with van der Waals surface area (Å²) in [5.74, 6) is -1.01. The van der Waals surface area contributed by atoms with Gasteiger partial charge in [0, 0.05) is 22.4 Å². The second-order valence-electron chi connectivity index (χ2n) is 4.91. The van der Waals surface area contributed by atoms with E-state index in [0.717, 1.165) is 15.8 Å². The molecule has 106 valence electrons. The van der Waals surface area contributed by atoms with Gasteiger partial charge in [-0.25, -0.2) is 17.9 Å². The Balaban J connectivity index is 2.68. The first-order valence-electron chi connectivity index (χ1n) is 5.61. The monoisotopic (exact) mass is 303 g/mol.